The van der Waals surface area contributed by atoms with Gasteiger partial charge in [0.2, 0.25) is 0 Å². The lowest BCUT2D eigenvalue weighted by molar-refractivity contribution is -0.133. The Morgan fingerprint density at radius 3 is 2.44 bits per heavy atom. The summed E-state index contributed by atoms with van der Waals surface area (Å²) in [6.07, 6.45) is 0.272. The molecule has 0 aliphatic heterocycles. The molecule has 92 valence electrons. The van der Waals surface area contributed by atoms with E-state index in [0.717, 1.165) is 11.1 Å². The van der Waals surface area contributed by atoms with Crippen molar-refractivity contribution < 1.29 is 9.53 Å². The Morgan fingerprint density at radius 1 is 1.00 bits per heavy atom. The molecule has 0 saturated carbocycles. The van der Waals surface area contributed by atoms with E-state index in [1.807, 2.05) is 42.5 Å². The van der Waals surface area contributed by atoms with E-state index < -0.39 is 0 Å². The van der Waals surface area contributed by atoms with Crippen molar-refractivity contribution in [2.75, 3.05) is 0 Å². The van der Waals surface area contributed by atoms with E-state index in [2.05, 4.69) is 0 Å². The Kier molecular flexibility index (Phi) is 4.10. The summed E-state index contributed by atoms with van der Waals surface area (Å²) in [6.45, 7) is 0.435. The molecule has 18 heavy (non-hydrogen) atoms. The molecule has 2 N–H and O–H groups in total. The molecule has 0 aliphatic carbocycles. The van der Waals surface area contributed by atoms with Crippen LogP contribution in [0.4, 0.5) is 0 Å². The van der Waals surface area contributed by atoms with E-state index in [-0.39, 0.29) is 12.4 Å². The van der Waals surface area contributed by atoms with Gasteiger partial charge in [0.15, 0.2) is 0 Å². The van der Waals surface area contributed by atoms with Gasteiger partial charge in [-0.1, -0.05) is 42.5 Å². The highest BCUT2D eigenvalue weighted by Gasteiger charge is 2.06. The average molecular weight is 241 g/mol. The van der Waals surface area contributed by atoms with Gasteiger partial charge in [0, 0.05) is 6.54 Å². The number of ether oxygens (including phenoxy) is 1. The van der Waals surface area contributed by atoms with Gasteiger partial charge in [-0.15, -0.1) is 0 Å². The molecule has 3 nitrogen and oxygen atoms in total. The summed E-state index contributed by atoms with van der Waals surface area (Å²) in [5.74, 6) is 0.272. The fourth-order valence-electron chi connectivity index (χ4n) is 1.67. The van der Waals surface area contributed by atoms with Gasteiger partial charge >= 0.3 is 5.97 Å². The quantitative estimate of drug-likeness (QED) is 0.660. The third-order valence-electron chi connectivity index (χ3n) is 2.56. The molecular formula is C15H15NO2. The van der Waals surface area contributed by atoms with Crippen molar-refractivity contribution in [3.05, 3.63) is 65.7 Å². The van der Waals surface area contributed by atoms with Gasteiger partial charge in [0.25, 0.3) is 0 Å². The number of esters is 1. The van der Waals surface area contributed by atoms with E-state index >= 15 is 0 Å². The van der Waals surface area contributed by atoms with Crippen LogP contribution < -0.4 is 10.5 Å². The Morgan fingerprint density at radius 2 is 1.72 bits per heavy atom. The van der Waals surface area contributed by atoms with Crippen molar-refractivity contribution >= 4 is 5.97 Å². The third-order valence-corrected chi connectivity index (χ3v) is 2.56. The van der Waals surface area contributed by atoms with Crippen LogP contribution in [-0.2, 0) is 17.8 Å². The maximum absolute atomic E-state index is 11.7. The Bertz CT molecular complexity index is 523. The van der Waals surface area contributed by atoms with Gasteiger partial charge in [-0.25, -0.2) is 0 Å². The molecule has 2 rings (SSSR count). The first-order valence-electron chi connectivity index (χ1n) is 5.81. The van der Waals surface area contributed by atoms with Gasteiger partial charge in [-0.2, -0.15) is 0 Å². The molecular weight excluding hydrogens is 226 g/mol. The number of carbonyl (C=O) groups is 1. The van der Waals surface area contributed by atoms with Crippen molar-refractivity contribution in [3.8, 4) is 5.75 Å². The fraction of sp³-hybridized carbons (Fsp3) is 0.133. The zero-order chi connectivity index (χ0) is 12.8. The molecule has 0 fully saturated rings. The lowest BCUT2D eigenvalue weighted by Gasteiger charge is -2.05. The van der Waals surface area contributed by atoms with E-state index in [9.17, 15) is 4.79 Å². The van der Waals surface area contributed by atoms with Gasteiger partial charge < -0.3 is 10.5 Å². The molecule has 0 amide bonds. The number of carbonyl (C=O) groups excluding carboxylic acids is 1. The van der Waals surface area contributed by atoms with Crippen LogP contribution >= 0.6 is 0 Å². The molecule has 0 aromatic heterocycles. The number of rotatable bonds is 4. The minimum Gasteiger partial charge on any atom is -0.426 e. The van der Waals surface area contributed by atoms with Gasteiger partial charge in [0.05, 0.1) is 6.42 Å². The normalized spacial score (nSPS) is 10.1. The Labute approximate surface area is 106 Å². The summed E-state index contributed by atoms with van der Waals surface area (Å²) < 4.78 is 5.27. The first kappa shape index (κ1) is 12.3. The van der Waals surface area contributed by atoms with E-state index in [1.165, 1.54) is 0 Å². The maximum Gasteiger partial charge on any atom is 0.315 e. The molecule has 0 radical (unpaired) electrons. The predicted octanol–water partition coefficient (Wildman–Crippen LogP) is 2.29. The summed E-state index contributed by atoms with van der Waals surface area (Å²) in [5.41, 5.74) is 7.42. The molecule has 0 unspecified atom stereocenters. The Hall–Kier alpha value is -2.13. The van der Waals surface area contributed by atoms with Crippen molar-refractivity contribution in [3.63, 3.8) is 0 Å². The summed E-state index contributed by atoms with van der Waals surface area (Å²) in [5, 5.41) is 0. The second-order valence-corrected chi connectivity index (χ2v) is 3.99. The van der Waals surface area contributed by atoms with Crippen LogP contribution in [0.25, 0.3) is 0 Å². The fourth-order valence-corrected chi connectivity index (χ4v) is 1.67. The highest BCUT2D eigenvalue weighted by atomic mass is 16.5. The number of benzene rings is 2. The molecule has 3 heteroatoms. The first-order chi connectivity index (χ1) is 8.78. The van der Waals surface area contributed by atoms with E-state index in [4.69, 9.17) is 10.5 Å². The molecule has 0 atom stereocenters. The SMILES string of the molecule is NCc1cccc(OC(=O)Cc2ccccc2)c1. The van der Waals surface area contributed by atoms with Crippen LogP contribution in [0.5, 0.6) is 5.75 Å². The van der Waals surface area contributed by atoms with Gasteiger partial charge in [0.1, 0.15) is 5.75 Å². The van der Waals surface area contributed by atoms with Crippen molar-refractivity contribution in [2.45, 2.75) is 13.0 Å². The largest absolute Gasteiger partial charge is 0.426 e. The smallest absolute Gasteiger partial charge is 0.315 e. The van der Waals surface area contributed by atoms with Crippen LogP contribution in [-0.4, -0.2) is 5.97 Å². The van der Waals surface area contributed by atoms with Crippen LogP contribution in [0, 0.1) is 0 Å². The Balaban J connectivity index is 1.99. The standard InChI is InChI=1S/C15H15NO2/c16-11-13-7-4-8-14(9-13)18-15(17)10-12-5-2-1-3-6-12/h1-9H,10-11,16H2. The lowest BCUT2D eigenvalue weighted by atomic mass is 10.1. The minimum atomic E-state index is -0.268. The van der Waals surface area contributed by atoms with E-state index in [1.54, 1.807) is 12.1 Å². The van der Waals surface area contributed by atoms with Gasteiger partial charge in [-0.3, -0.25) is 4.79 Å². The zero-order valence-corrected chi connectivity index (χ0v) is 10.0. The average Bonchev–Trinajstić information content (AvgIpc) is 2.40. The molecule has 0 spiro atoms. The molecule has 0 aliphatic rings. The van der Waals surface area contributed by atoms with Crippen LogP contribution in [0.3, 0.4) is 0 Å². The summed E-state index contributed by atoms with van der Waals surface area (Å²) in [7, 11) is 0. The van der Waals surface area contributed by atoms with Crippen molar-refractivity contribution in [2.24, 2.45) is 5.73 Å². The topological polar surface area (TPSA) is 52.3 Å². The summed E-state index contributed by atoms with van der Waals surface area (Å²) in [6, 6.07) is 16.8. The molecule has 0 saturated heterocycles. The second-order valence-electron chi connectivity index (χ2n) is 3.99. The van der Waals surface area contributed by atoms with Crippen LogP contribution in [0.15, 0.2) is 54.6 Å². The second kappa shape index (κ2) is 5.98. The summed E-state index contributed by atoms with van der Waals surface area (Å²) in [4.78, 5) is 11.7. The number of hydrogen-bond acceptors (Lipinski definition) is 3. The molecule has 2 aromatic carbocycles. The molecule has 2 aromatic rings. The zero-order valence-electron chi connectivity index (χ0n) is 10.0. The highest BCUT2D eigenvalue weighted by molar-refractivity contribution is 5.75. The van der Waals surface area contributed by atoms with Crippen LogP contribution in [0.1, 0.15) is 11.1 Å². The maximum atomic E-state index is 11.7. The lowest BCUT2D eigenvalue weighted by Crippen LogP contribution is -2.11. The van der Waals surface area contributed by atoms with Gasteiger partial charge in [-0.05, 0) is 23.3 Å². The highest BCUT2D eigenvalue weighted by Crippen LogP contribution is 2.14. The predicted molar refractivity (Wildman–Crippen MR) is 70.1 cm³/mol. The van der Waals surface area contributed by atoms with Crippen molar-refractivity contribution in [1.29, 1.82) is 0 Å². The minimum absolute atomic E-state index is 0.268. The van der Waals surface area contributed by atoms with Crippen molar-refractivity contribution in [1.82, 2.24) is 0 Å². The first-order valence-corrected chi connectivity index (χ1v) is 5.81. The monoisotopic (exact) mass is 241 g/mol. The number of hydrogen-bond donors (Lipinski definition) is 1. The molecule has 0 bridgehead atoms. The van der Waals surface area contributed by atoms with Crippen LogP contribution in [0.2, 0.25) is 0 Å². The third kappa shape index (κ3) is 3.43. The van der Waals surface area contributed by atoms with E-state index in [0.29, 0.717) is 12.3 Å². The number of nitrogens with two attached hydrogens (primary N) is 1. The molecule has 0 heterocycles. The summed E-state index contributed by atoms with van der Waals surface area (Å²) >= 11 is 0.